The van der Waals surface area contributed by atoms with E-state index in [4.69, 9.17) is 14.2 Å². The van der Waals surface area contributed by atoms with Gasteiger partial charge in [0.25, 0.3) is 0 Å². The third-order valence-electron chi connectivity index (χ3n) is 18.4. The van der Waals surface area contributed by atoms with Gasteiger partial charge in [0.2, 0.25) is 5.91 Å². The number of aliphatic hydroxyl groups is 5. The third kappa shape index (κ3) is 54.2. The molecule has 1 fully saturated rings. The zero-order chi connectivity index (χ0) is 66.0. The maximum atomic E-state index is 13.5. The molecule has 532 valence electrons. The Labute approximate surface area is 560 Å². The average molecular weight is 1280 g/mol. The molecule has 1 amide bonds. The number of ether oxygens (including phenoxy) is 3. The Kier molecular flexibility index (Phi) is 63.9. The molecule has 0 aliphatic carbocycles. The van der Waals surface area contributed by atoms with Gasteiger partial charge in [0.1, 0.15) is 24.4 Å². The van der Waals surface area contributed by atoms with Crippen molar-refractivity contribution in [3.05, 3.63) is 60.8 Å². The van der Waals surface area contributed by atoms with Crippen LogP contribution >= 0.6 is 0 Å². The summed E-state index contributed by atoms with van der Waals surface area (Å²) in [6, 6.07) is -1.02. The second kappa shape index (κ2) is 67.3. The highest BCUT2D eigenvalue weighted by Crippen LogP contribution is 2.27. The molecule has 0 aromatic heterocycles. The number of amides is 1. The first-order chi connectivity index (χ1) is 44.7. The minimum Gasteiger partial charge on any atom is -0.454 e. The summed E-state index contributed by atoms with van der Waals surface area (Å²) >= 11 is 0. The Balaban J connectivity index is 2.52. The van der Waals surface area contributed by atoms with Gasteiger partial charge in [0.15, 0.2) is 12.4 Å². The minimum absolute atomic E-state index is 0.120. The number of rotatable bonds is 68. The molecular weight excluding hydrogens is 1130 g/mol. The van der Waals surface area contributed by atoms with Gasteiger partial charge in [-0.05, 0) is 70.6 Å². The van der Waals surface area contributed by atoms with Crippen LogP contribution in [0.15, 0.2) is 60.8 Å². The van der Waals surface area contributed by atoms with Crippen molar-refractivity contribution in [1.29, 1.82) is 0 Å². The van der Waals surface area contributed by atoms with Crippen LogP contribution in [0.5, 0.6) is 0 Å². The van der Waals surface area contributed by atoms with Gasteiger partial charge < -0.3 is 45.1 Å². The van der Waals surface area contributed by atoms with E-state index < -0.39 is 67.4 Å². The topological polar surface area (TPSA) is 175 Å². The predicted octanol–water partition coefficient (Wildman–Crippen LogP) is 20.9. The molecule has 11 heteroatoms. The molecule has 1 aliphatic heterocycles. The van der Waals surface area contributed by atoms with Crippen molar-refractivity contribution in [3.63, 3.8) is 0 Å². The maximum Gasteiger partial charge on any atom is 0.306 e. The molecule has 1 aliphatic rings. The van der Waals surface area contributed by atoms with Gasteiger partial charge in [-0.2, -0.15) is 0 Å². The SMILES string of the molecule is CCCCC/C=C\C/C=C\C/C=C\C/C=C\CCCCCCCCCCCCCC(=O)OC1C(OCC(NC(=O)C(O)CCCCCCCCCCCCCCCCCCCCCCCC)C(O)/C=C/CCCCCCCCCCCCC)OC(CO)C(O)C1O. The van der Waals surface area contributed by atoms with Crippen molar-refractivity contribution in [2.45, 2.75) is 423 Å². The van der Waals surface area contributed by atoms with Crippen LogP contribution in [0.3, 0.4) is 0 Å². The highest BCUT2D eigenvalue weighted by molar-refractivity contribution is 5.80. The lowest BCUT2D eigenvalue weighted by atomic mass is 9.99. The van der Waals surface area contributed by atoms with Gasteiger partial charge in [-0.1, -0.05) is 358 Å². The molecule has 1 saturated heterocycles. The van der Waals surface area contributed by atoms with E-state index in [2.05, 4.69) is 74.7 Å². The number of nitrogens with one attached hydrogen (secondary N) is 1. The van der Waals surface area contributed by atoms with Crippen LogP contribution in [0.1, 0.15) is 374 Å². The number of hydrogen-bond acceptors (Lipinski definition) is 10. The molecule has 91 heavy (non-hydrogen) atoms. The molecule has 1 heterocycles. The normalized spacial score (nSPS) is 18.3. The lowest BCUT2D eigenvalue weighted by Gasteiger charge is -2.41. The summed E-state index contributed by atoms with van der Waals surface area (Å²) in [6.45, 7) is 5.83. The van der Waals surface area contributed by atoms with Crippen molar-refractivity contribution in [1.82, 2.24) is 5.32 Å². The molecule has 0 saturated carbocycles. The molecular formula is C80H147NO10. The minimum atomic E-state index is -1.62. The number of hydrogen-bond donors (Lipinski definition) is 6. The van der Waals surface area contributed by atoms with E-state index in [1.54, 1.807) is 6.08 Å². The Morgan fingerprint density at radius 1 is 0.429 bits per heavy atom. The van der Waals surface area contributed by atoms with E-state index in [0.29, 0.717) is 19.3 Å². The third-order valence-corrected chi connectivity index (χ3v) is 18.4. The summed E-state index contributed by atoms with van der Waals surface area (Å²) in [5, 5.41) is 57.4. The fourth-order valence-corrected chi connectivity index (χ4v) is 12.3. The molecule has 6 N–H and O–H groups in total. The Bertz CT molecular complexity index is 1720. The van der Waals surface area contributed by atoms with Crippen LogP contribution in [-0.2, 0) is 23.8 Å². The summed E-state index contributed by atoms with van der Waals surface area (Å²) in [4.78, 5) is 26.8. The van der Waals surface area contributed by atoms with Crippen LogP contribution < -0.4 is 5.32 Å². The van der Waals surface area contributed by atoms with Gasteiger partial charge in [0, 0.05) is 6.42 Å². The second-order valence-electron chi connectivity index (χ2n) is 27.1. The van der Waals surface area contributed by atoms with Crippen molar-refractivity contribution < 1.29 is 49.3 Å². The maximum absolute atomic E-state index is 13.5. The number of unbranched alkanes of at least 4 members (excludes halogenated alkanes) is 46. The fraction of sp³-hybridized carbons (Fsp3) is 0.850. The number of carbonyl (C=O) groups excluding carboxylic acids is 2. The van der Waals surface area contributed by atoms with Gasteiger partial charge in [-0.25, -0.2) is 0 Å². The van der Waals surface area contributed by atoms with E-state index in [1.807, 2.05) is 6.08 Å². The van der Waals surface area contributed by atoms with Gasteiger partial charge >= 0.3 is 5.97 Å². The Morgan fingerprint density at radius 3 is 1.15 bits per heavy atom. The number of allylic oxidation sites excluding steroid dienone is 9. The van der Waals surface area contributed by atoms with Crippen molar-refractivity contribution >= 4 is 11.9 Å². The van der Waals surface area contributed by atoms with Crippen LogP contribution in [0.25, 0.3) is 0 Å². The molecule has 8 atom stereocenters. The molecule has 0 spiro atoms. The Morgan fingerprint density at radius 2 is 0.758 bits per heavy atom. The van der Waals surface area contributed by atoms with Gasteiger partial charge in [-0.3, -0.25) is 9.59 Å². The monoisotopic (exact) mass is 1280 g/mol. The fourth-order valence-electron chi connectivity index (χ4n) is 12.3. The number of carbonyl (C=O) groups is 2. The average Bonchev–Trinajstić information content (AvgIpc) is 1.11. The number of esters is 1. The van der Waals surface area contributed by atoms with Gasteiger partial charge in [0.05, 0.1) is 25.4 Å². The quantitative estimate of drug-likeness (QED) is 0.0195. The summed E-state index contributed by atoms with van der Waals surface area (Å²) in [6.07, 6.45) is 76.9. The first-order valence-electron chi connectivity index (χ1n) is 39.1. The molecule has 0 aromatic carbocycles. The predicted molar refractivity (Wildman–Crippen MR) is 384 cm³/mol. The zero-order valence-corrected chi connectivity index (χ0v) is 59.5. The van der Waals surface area contributed by atoms with E-state index in [0.717, 1.165) is 83.5 Å². The molecule has 8 unspecified atom stereocenters. The second-order valence-corrected chi connectivity index (χ2v) is 27.1. The van der Waals surface area contributed by atoms with Crippen LogP contribution in [0, 0.1) is 0 Å². The smallest absolute Gasteiger partial charge is 0.306 e. The van der Waals surface area contributed by atoms with Crippen molar-refractivity contribution in [3.8, 4) is 0 Å². The summed E-state index contributed by atoms with van der Waals surface area (Å²) in [5.41, 5.74) is 0. The van der Waals surface area contributed by atoms with Crippen molar-refractivity contribution in [2.24, 2.45) is 0 Å². The number of aliphatic hydroxyl groups excluding tert-OH is 5. The van der Waals surface area contributed by atoms with E-state index in [-0.39, 0.29) is 13.0 Å². The molecule has 1 rings (SSSR count). The van der Waals surface area contributed by atoms with Crippen LogP contribution in [-0.4, -0.2) is 99.6 Å². The highest BCUT2D eigenvalue weighted by Gasteiger charge is 2.47. The van der Waals surface area contributed by atoms with E-state index >= 15 is 0 Å². The summed E-state index contributed by atoms with van der Waals surface area (Å²) < 4.78 is 17.8. The van der Waals surface area contributed by atoms with Crippen LogP contribution in [0.4, 0.5) is 0 Å². The van der Waals surface area contributed by atoms with Crippen LogP contribution in [0.2, 0.25) is 0 Å². The lowest BCUT2D eigenvalue weighted by Crippen LogP contribution is -2.61. The molecule has 0 radical (unpaired) electrons. The molecule has 11 nitrogen and oxygen atoms in total. The molecule has 0 aromatic rings. The van der Waals surface area contributed by atoms with E-state index in [9.17, 15) is 35.1 Å². The first kappa shape index (κ1) is 86.4. The Hall–Kier alpha value is -2.64. The highest BCUT2D eigenvalue weighted by atomic mass is 16.7. The van der Waals surface area contributed by atoms with Crippen molar-refractivity contribution in [2.75, 3.05) is 13.2 Å². The van der Waals surface area contributed by atoms with Gasteiger partial charge in [-0.15, -0.1) is 0 Å². The zero-order valence-electron chi connectivity index (χ0n) is 59.5. The molecule has 0 bridgehead atoms. The summed E-state index contributed by atoms with van der Waals surface area (Å²) in [5.74, 6) is -1.18. The summed E-state index contributed by atoms with van der Waals surface area (Å²) in [7, 11) is 0. The lowest BCUT2D eigenvalue weighted by molar-refractivity contribution is -0.305. The van der Waals surface area contributed by atoms with E-state index in [1.165, 1.54) is 244 Å². The largest absolute Gasteiger partial charge is 0.454 e. The first-order valence-corrected chi connectivity index (χ1v) is 39.1. The standard InChI is InChI=1S/C80H147NO10/c1-4-7-10-13-16-19-22-25-27-29-31-33-35-36-37-38-39-41-43-45-47-50-53-56-59-62-65-68-75(85)91-78-77(87)76(86)74(69-82)90-80(78)89-70-71(72(83)66-63-60-57-54-51-48-24-21-18-15-12-9-6-3)81-79(88)73(84)67-64-61-58-55-52-49-46-44-42-40-34-32-30-28-26-23-20-17-14-11-8-5-2/h16,19,25,27,31,33,36-37,63,66,71-74,76-78,80,82-84,86-87H,4-15,17-18,20-24,26,28-30,32,34-35,38-62,64-65,67-70H2,1-3H3,(H,81,88)/b19-16-,27-25-,33-31-,37-36-,66-63+.